The zero-order valence-corrected chi connectivity index (χ0v) is 15.5. The summed E-state index contributed by atoms with van der Waals surface area (Å²) in [6.07, 6.45) is -3.01. The second-order valence-corrected chi connectivity index (χ2v) is 8.71. The Labute approximate surface area is 155 Å². The average molecular weight is 397 g/mol. The molecule has 0 spiro atoms. The summed E-state index contributed by atoms with van der Waals surface area (Å²) in [5.74, 6) is -1.27. The van der Waals surface area contributed by atoms with Gasteiger partial charge in [-0.3, -0.25) is 4.79 Å². The van der Waals surface area contributed by atoms with E-state index in [2.05, 4.69) is 0 Å². The third-order valence-electron chi connectivity index (χ3n) is 4.76. The molecule has 3 rings (SSSR count). The minimum Gasteiger partial charge on any atom is -0.315 e. The molecule has 0 radical (unpaired) electrons. The summed E-state index contributed by atoms with van der Waals surface area (Å²) in [7, 11) is -1.81. The molecule has 1 fully saturated rings. The van der Waals surface area contributed by atoms with E-state index in [1.165, 1.54) is 54.4 Å². The van der Waals surface area contributed by atoms with Gasteiger partial charge in [0.1, 0.15) is 0 Å². The molecule has 0 aromatic heterocycles. The lowest BCUT2D eigenvalue weighted by Crippen LogP contribution is -2.28. The predicted molar refractivity (Wildman–Crippen MR) is 95.3 cm³/mol. The molecule has 1 aliphatic carbocycles. The van der Waals surface area contributed by atoms with Crippen LogP contribution in [0.3, 0.4) is 0 Å². The Morgan fingerprint density at radius 2 is 1.67 bits per heavy atom. The number of hydrogen-bond donors (Lipinski definition) is 0. The zero-order chi connectivity index (χ0) is 20.0. The first-order chi connectivity index (χ1) is 12.5. The van der Waals surface area contributed by atoms with Crippen LogP contribution in [0.15, 0.2) is 53.4 Å². The number of alkyl halides is 3. The Morgan fingerprint density at radius 3 is 2.22 bits per heavy atom. The highest BCUT2D eigenvalue weighted by molar-refractivity contribution is 7.90. The molecule has 0 saturated heterocycles. The molecule has 4 nitrogen and oxygen atoms in total. The zero-order valence-electron chi connectivity index (χ0n) is 14.7. The van der Waals surface area contributed by atoms with Crippen LogP contribution in [-0.2, 0) is 20.8 Å². The van der Waals surface area contributed by atoms with Crippen molar-refractivity contribution >= 4 is 21.4 Å². The second-order valence-electron chi connectivity index (χ2n) is 6.70. The summed E-state index contributed by atoms with van der Waals surface area (Å²) in [4.78, 5) is 14.1. The van der Waals surface area contributed by atoms with Gasteiger partial charge in [-0.1, -0.05) is 18.2 Å². The molecule has 2 atom stereocenters. The molecule has 144 valence electrons. The van der Waals surface area contributed by atoms with Gasteiger partial charge in [-0.15, -0.1) is 0 Å². The van der Waals surface area contributed by atoms with Crippen LogP contribution in [0.1, 0.15) is 23.5 Å². The number of rotatable bonds is 4. The highest BCUT2D eigenvalue weighted by Gasteiger charge is 2.48. The van der Waals surface area contributed by atoms with Crippen LogP contribution in [0, 0.1) is 5.92 Å². The van der Waals surface area contributed by atoms with Crippen LogP contribution < -0.4 is 4.90 Å². The van der Waals surface area contributed by atoms with Crippen molar-refractivity contribution in [1.82, 2.24) is 0 Å². The number of amides is 1. The Bertz CT molecular complexity index is 968. The molecule has 8 heteroatoms. The van der Waals surface area contributed by atoms with Crippen LogP contribution >= 0.6 is 0 Å². The largest absolute Gasteiger partial charge is 0.416 e. The second kappa shape index (κ2) is 6.67. The molecular formula is C19H18F3NO3S. The van der Waals surface area contributed by atoms with E-state index in [0.29, 0.717) is 12.1 Å². The third-order valence-corrected chi connectivity index (χ3v) is 5.88. The monoisotopic (exact) mass is 397 g/mol. The summed E-state index contributed by atoms with van der Waals surface area (Å²) in [5.41, 5.74) is -0.0724. The van der Waals surface area contributed by atoms with Crippen molar-refractivity contribution in [3.05, 3.63) is 59.7 Å². The van der Waals surface area contributed by atoms with E-state index in [9.17, 15) is 26.4 Å². The van der Waals surface area contributed by atoms with Crippen LogP contribution in [0.2, 0.25) is 0 Å². The fraction of sp³-hybridized carbons (Fsp3) is 0.316. The summed E-state index contributed by atoms with van der Waals surface area (Å²) in [5, 5.41) is 0. The molecule has 0 heterocycles. The fourth-order valence-electron chi connectivity index (χ4n) is 3.18. The topological polar surface area (TPSA) is 54.5 Å². The smallest absolute Gasteiger partial charge is 0.315 e. The standard InChI is InChI=1S/C19H18F3NO3S/c1-23(12-7-9-13(10-8-12)27(2,25)26)18(24)16-11-15(16)14-5-3-4-6-17(14)19(20,21)22/h3-10,15-16H,11H2,1-2H3. The summed E-state index contributed by atoms with van der Waals surface area (Å²) in [6, 6.07) is 11.1. The van der Waals surface area contributed by atoms with E-state index >= 15 is 0 Å². The number of hydrogen-bond acceptors (Lipinski definition) is 3. The maximum absolute atomic E-state index is 13.2. The molecule has 2 aromatic rings. The summed E-state index contributed by atoms with van der Waals surface area (Å²) in [6.45, 7) is 0. The predicted octanol–water partition coefficient (Wildman–Crippen LogP) is 3.88. The molecule has 1 saturated carbocycles. The van der Waals surface area contributed by atoms with Gasteiger partial charge in [0.25, 0.3) is 0 Å². The van der Waals surface area contributed by atoms with Crippen molar-refractivity contribution in [3.8, 4) is 0 Å². The number of carbonyl (C=O) groups is 1. The van der Waals surface area contributed by atoms with E-state index in [1.807, 2.05) is 0 Å². The number of halogens is 3. The molecular weight excluding hydrogens is 379 g/mol. The molecule has 0 aliphatic heterocycles. The molecule has 1 aliphatic rings. The number of benzene rings is 2. The molecule has 0 bridgehead atoms. The van der Waals surface area contributed by atoms with Gasteiger partial charge >= 0.3 is 6.18 Å². The Morgan fingerprint density at radius 1 is 1.07 bits per heavy atom. The molecule has 2 aromatic carbocycles. The Balaban J connectivity index is 1.77. The maximum Gasteiger partial charge on any atom is 0.416 e. The molecule has 1 amide bonds. The molecule has 2 unspecified atom stereocenters. The van der Waals surface area contributed by atoms with Gasteiger partial charge in [0, 0.05) is 24.9 Å². The lowest BCUT2D eigenvalue weighted by atomic mass is 10.0. The number of sulfone groups is 1. The Kier molecular flexibility index (Phi) is 4.80. The lowest BCUT2D eigenvalue weighted by molar-refractivity contribution is -0.138. The highest BCUT2D eigenvalue weighted by Crippen LogP contribution is 2.51. The van der Waals surface area contributed by atoms with Crippen LogP contribution in [-0.4, -0.2) is 27.6 Å². The van der Waals surface area contributed by atoms with Gasteiger partial charge in [-0.25, -0.2) is 8.42 Å². The fourth-order valence-corrected chi connectivity index (χ4v) is 3.81. The SMILES string of the molecule is CN(C(=O)C1CC1c1ccccc1C(F)(F)F)c1ccc(S(C)(=O)=O)cc1. The lowest BCUT2D eigenvalue weighted by Gasteiger charge is -2.18. The van der Waals surface area contributed by atoms with E-state index in [0.717, 1.165) is 12.3 Å². The summed E-state index contributed by atoms with van der Waals surface area (Å²) < 4.78 is 62.5. The van der Waals surface area contributed by atoms with Gasteiger partial charge < -0.3 is 4.90 Å². The van der Waals surface area contributed by atoms with Gasteiger partial charge in [0.15, 0.2) is 9.84 Å². The third kappa shape index (κ3) is 4.00. The van der Waals surface area contributed by atoms with E-state index in [4.69, 9.17) is 0 Å². The first-order valence-corrected chi connectivity index (χ1v) is 10.1. The van der Waals surface area contributed by atoms with Gasteiger partial charge in [0.05, 0.1) is 10.5 Å². The van der Waals surface area contributed by atoms with Crippen molar-refractivity contribution in [2.75, 3.05) is 18.2 Å². The van der Waals surface area contributed by atoms with Crippen LogP contribution in [0.5, 0.6) is 0 Å². The van der Waals surface area contributed by atoms with Gasteiger partial charge in [-0.05, 0) is 48.2 Å². The Hall–Kier alpha value is -2.35. The van der Waals surface area contributed by atoms with Gasteiger partial charge in [0.2, 0.25) is 5.91 Å². The maximum atomic E-state index is 13.2. The number of nitrogens with zero attached hydrogens (tertiary/aromatic N) is 1. The van der Waals surface area contributed by atoms with Crippen molar-refractivity contribution in [2.45, 2.75) is 23.4 Å². The van der Waals surface area contributed by atoms with E-state index in [-0.39, 0.29) is 16.4 Å². The van der Waals surface area contributed by atoms with Crippen molar-refractivity contribution in [2.24, 2.45) is 5.92 Å². The average Bonchev–Trinajstić information content (AvgIpc) is 3.40. The normalized spacial score (nSPS) is 19.6. The van der Waals surface area contributed by atoms with Gasteiger partial charge in [-0.2, -0.15) is 13.2 Å². The molecule has 27 heavy (non-hydrogen) atoms. The first kappa shape index (κ1) is 19.4. The quantitative estimate of drug-likeness (QED) is 0.787. The minimum absolute atomic E-state index is 0.135. The first-order valence-electron chi connectivity index (χ1n) is 8.24. The van der Waals surface area contributed by atoms with Crippen LogP contribution in [0.25, 0.3) is 0 Å². The van der Waals surface area contributed by atoms with Crippen molar-refractivity contribution < 1.29 is 26.4 Å². The van der Waals surface area contributed by atoms with Crippen molar-refractivity contribution in [3.63, 3.8) is 0 Å². The van der Waals surface area contributed by atoms with E-state index in [1.54, 1.807) is 0 Å². The minimum atomic E-state index is -4.46. The summed E-state index contributed by atoms with van der Waals surface area (Å²) >= 11 is 0. The van der Waals surface area contributed by atoms with E-state index < -0.39 is 33.4 Å². The number of carbonyl (C=O) groups excluding carboxylic acids is 1. The van der Waals surface area contributed by atoms with Crippen molar-refractivity contribution in [1.29, 1.82) is 0 Å². The molecule has 0 N–H and O–H groups in total. The number of anilines is 1. The van der Waals surface area contributed by atoms with Crippen LogP contribution in [0.4, 0.5) is 18.9 Å². The highest BCUT2D eigenvalue weighted by atomic mass is 32.2.